The van der Waals surface area contributed by atoms with Gasteiger partial charge in [-0.05, 0) is 12.8 Å². The summed E-state index contributed by atoms with van der Waals surface area (Å²) in [5.74, 6) is -1.82. The fourth-order valence-corrected chi connectivity index (χ4v) is 2.03. The van der Waals surface area contributed by atoms with Crippen molar-refractivity contribution < 1.29 is 47.9 Å². The number of carbonyl (C=O) groups is 1. The molecule has 1 rings (SSSR count). The Balaban J connectivity index is 0.00000121. The number of primary sulfonamides is 1. The van der Waals surface area contributed by atoms with E-state index in [1.807, 2.05) is 0 Å². The Bertz CT molecular complexity index is 269. The Morgan fingerprint density at radius 2 is 1.83 bits per heavy atom. The first-order valence-electron chi connectivity index (χ1n) is 3.13. The molecule has 0 radical (unpaired) electrons. The Labute approximate surface area is 92.7 Å². The summed E-state index contributed by atoms with van der Waals surface area (Å²) in [5.41, 5.74) is 0. The molecule has 0 aliphatic heterocycles. The van der Waals surface area contributed by atoms with Crippen molar-refractivity contribution in [2.45, 2.75) is 18.1 Å². The molecule has 0 aromatic heterocycles. The maximum atomic E-state index is 10.5. The Morgan fingerprint density at radius 1 is 1.42 bits per heavy atom. The summed E-state index contributed by atoms with van der Waals surface area (Å²) in [6, 6.07) is 0. The van der Waals surface area contributed by atoms with Gasteiger partial charge in [0.2, 0.25) is 10.0 Å². The van der Waals surface area contributed by atoms with E-state index in [0.717, 1.165) is 0 Å². The molecule has 0 aromatic carbocycles. The van der Waals surface area contributed by atoms with E-state index in [4.69, 9.17) is 5.14 Å². The minimum atomic E-state index is -3.52. The van der Waals surface area contributed by atoms with Crippen LogP contribution in [-0.4, -0.2) is 19.6 Å². The van der Waals surface area contributed by atoms with Crippen molar-refractivity contribution in [3.05, 3.63) is 0 Å². The average molecular weight is 201 g/mol. The normalized spacial score (nSPS) is 28.4. The van der Waals surface area contributed by atoms with Crippen molar-refractivity contribution >= 4 is 16.0 Å². The zero-order valence-electron chi connectivity index (χ0n) is 6.69. The maximum Gasteiger partial charge on any atom is 1.00 e. The van der Waals surface area contributed by atoms with Crippen molar-refractivity contribution in [1.82, 2.24) is 0 Å². The summed E-state index contributed by atoms with van der Waals surface area (Å²) in [4.78, 5) is 10.1. The minimum Gasteiger partial charge on any atom is -0.550 e. The fraction of sp³-hybridized carbons (Fsp3) is 0.800. The van der Waals surface area contributed by atoms with Crippen LogP contribution in [-0.2, 0) is 14.8 Å². The summed E-state index contributed by atoms with van der Waals surface area (Å²) in [6.07, 6.45) is 0.197. The summed E-state index contributed by atoms with van der Waals surface area (Å²) >= 11 is 0. The molecule has 0 amide bonds. The van der Waals surface area contributed by atoms with Gasteiger partial charge in [0.25, 0.3) is 0 Å². The second-order valence-electron chi connectivity index (χ2n) is 2.70. The first-order chi connectivity index (χ1) is 4.91. The Hall–Kier alpha value is 0.380. The molecule has 7 heteroatoms. The van der Waals surface area contributed by atoms with Gasteiger partial charge < -0.3 is 9.90 Å². The predicted octanol–water partition coefficient (Wildman–Crippen LogP) is -5.19. The third-order valence-electron chi connectivity index (χ3n) is 1.89. The molecule has 12 heavy (non-hydrogen) atoms. The fourth-order valence-electron chi connectivity index (χ4n) is 1.03. The molecular weight excluding hydrogens is 193 g/mol. The number of carboxylic acids is 1. The van der Waals surface area contributed by atoms with Gasteiger partial charge in [-0.15, -0.1) is 0 Å². The third kappa shape index (κ3) is 2.70. The van der Waals surface area contributed by atoms with Gasteiger partial charge in [-0.2, -0.15) is 0 Å². The van der Waals surface area contributed by atoms with Gasteiger partial charge in [-0.25, -0.2) is 13.6 Å². The monoisotopic (exact) mass is 201 g/mol. The number of carbonyl (C=O) groups excluding carboxylic acids is 1. The van der Waals surface area contributed by atoms with Gasteiger partial charge in [0.1, 0.15) is 0 Å². The van der Waals surface area contributed by atoms with Crippen LogP contribution in [0.15, 0.2) is 0 Å². The first-order valence-corrected chi connectivity index (χ1v) is 4.74. The van der Waals surface area contributed by atoms with Crippen molar-refractivity contribution in [2.75, 3.05) is 0 Å². The van der Waals surface area contributed by atoms with Crippen LogP contribution in [0, 0.1) is 5.92 Å². The van der Waals surface area contributed by atoms with E-state index in [-0.39, 0.29) is 42.4 Å². The SMILES string of the molecule is NS(=O)(=O)C1CC(C(=O)[O-])C1.[Na+]. The van der Waals surface area contributed by atoms with Crippen molar-refractivity contribution in [3.63, 3.8) is 0 Å². The number of carboxylic acid groups (broad SMARTS) is 1. The van der Waals surface area contributed by atoms with E-state index in [0.29, 0.717) is 0 Å². The molecule has 0 aromatic rings. The summed E-state index contributed by atoms with van der Waals surface area (Å²) < 4.78 is 21.1. The van der Waals surface area contributed by atoms with Crippen LogP contribution in [0.3, 0.4) is 0 Å². The van der Waals surface area contributed by atoms with Gasteiger partial charge in [0.15, 0.2) is 0 Å². The minimum absolute atomic E-state index is 0. The molecule has 1 fully saturated rings. The average Bonchev–Trinajstić information content (AvgIpc) is 1.51. The standard InChI is InChI=1S/C5H9NO4S.Na/c6-11(9,10)4-1-3(2-4)5(7)8;/h3-4H,1-2H2,(H,7,8)(H2,6,9,10);/q;+1/p-1. The molecule has 0 spiro atoms. The van der Waals surface area contributed by atoms with Gasteiger partial charge in [0, 0.05) is 11.9 Å². The molecular formula is C5H8NNaO4S. The molecule has 5 nitrogen and oxygen atoms in total. The maximum absolute atomic E-state index is 10.5. The van der Waals surface area contributed by atoms with E-state index in [2.05, 4.69) is 0 Å². The molecule has 0 unspecified atom stereocenters. The molecule has 1 saturated carbocycles. The number of hydrogen-bond donors (Lipinski definition) is 1. The van der Waals surface area contributed by atoms with E-state index in [1.54, 1.807) is 0 Å². The molecule has 0 heterocycles. The molecule has 1 aliphatic carbocycles. The van der Waals surface area contributed by atoms with Gasteiger partial charge in [-0.1, -0.05) is 0 Å². The summed E-state index contributed by atoms with van der Waals surface area (Å²) in [5, 5.41) is 14.2. The largest absolute Gasteiger partial charge is 1.00 e. The molecule has 0 saturated heterocycles. The van der Waals surface area contributed by atoms with E-state index in [9.17, 15) is 18.3 Å². The van der Waals surface area contributed by atoms with Crippen molar-refractivity contribution in [3.8, 4) is 0 Å². The van der Waals surface area contributed by atoms with Crippen LogP contribution >= 0.6 is 0 Å². The number of nitrogens with two attached hydrogens (primary N) is 1. The predicted molar refractivity (Wildman–Crippen MR) is 34.6 cm³/mol. The summed E-state index contributed by atoms with van der Waals surface area (Å²) in [6.45, 7) is 0. The number of aliphatic carboxylic acids is 1. The zero-order valence-corrected chi connectivity index (χ0v) is 9.50. The van der Waals surface area contributed by atoms with E-state index in [1.165, 1.54) is 0 Å². The number of sulfonamides is 1. The quantitative estimate of drug-likeness (QED) is 0.451. The summed E-state index contributed by atoms with van der Waals surface area (Å²) in [7, 11) is -3.52. The Morgan fingerprint density at radius 3 is 2.08 bits per heavy atom. The van der Waals surface area contributed by atoms with Crippen LogP contribution in [0.5, 0.6) is 0 Å². The molecule has 0 atom stereocenters. The molecule has 64 valence electrons. The van der Waals surface area contributed by atoms with E-state index >= 15 is 0 Å². The molecule has 2 N–H and O–H groups in total. The molecule has 1 aliphatic rings. The van der Waals surface area contributed by atoms with Crippen molar-refractivity contribution in [1.29, 1.82) is 0 Å². The van der Waals surface area contributed by atoms with Crippen LogP contribution in [0.4, 0.5) is 0 Å². The topological polar surface area (TPSA) is 100 Å². The smallest absolute Gasteiger partial charge is 0.550 e. The van der Waals surface area contributed by atoms with E-state index < -0.39 is 27.2 Å². The zero-order chi connectivity index (χ0) is 8.65. The van der Waals surface area contributed by atoms with Crippen LogP contribution in [0.2, 0.25) is 0 Å². The van der Waals surface area contributed by atoms with Gasteiger partial charge in [-0.3, -0.25) is 0 Å². The number of rotatable bonds is 2. The van der Waals surface area contributed by atoms with Crippen LogP contribution < -0.4 is 39.8 Å². The van der Waals surface area contributed by atoms with Crippen molar-refractivity contribution in [2.24, 2.45) is 11.1 Å². The van der Waals surface area contributed by atoms with Crippen LogP contribution in [0.25, 0.3) is 0 Å². The Kier molecular flexibility index (Phi) is 4.19. The second-order valence-corrected chi connectivity index (χ2v) is 4.54. The third-order valence-corrected chi connectivity index (χ3v) is 3.21. The molecule has 0 bridgehead atoms. The first kappa shape index (κ1) is 12.4. The van der Waals surface area contributed by atoms with Crippen LogP contribution in [0.1, 0.15) is 12.8 Å². The number of hydrogen-bond acceptors (Lipinski definition) is 4. The second kappa shape index (κ2) is 4.06. The van der Waals surface area contributed by atoms with Gasteiger partial charge >= 0.3 is 29.6 Å². The van der Waals surface area contributed by atoms with Gasteiger partial charge in [0.05, 0.1) is 5.25 Å².